The average Bonchev–Trinajstić information content (AvgIpc) is 2.77. The summed E-state index contributed by atoms with van der Waals surface area (Å²) in [5, 5.41) is 4.33. The van der Waals surface area contributed by atoms with Crippen molar-refractivity contribution in [2.24, 2.45) is 4.99 Å². The zero-order chi connectivity index (χ0) is 11.7. The third kappa shape index (κ3) is 2.53. The van der Waals surface area contributed by atoms with E-state index in [1.54, 1.807) is 0 Å². The van der Waals surface area contributed by atoms with Gasteiger partial charge in [0.1, 0.15) is 8.31 Å². The molecule has 1 aliphatic rings. The molecule has 0 spiro atoms. The molecule has 1 aliphatic heterocycles. The van der Waals surface area contributed by atoms with Crippen molar-refractivity contribution in [1.29, 1.82) is 0 Å². The summed E-state index contributed by atoms with van der Waals surface area (Å²) in [6, 6.07) is 0. The lowest BCUT2D eigenvalue weighted by atomic mass is 10.1. The van der Waals surface area contributed by atoms with E-state index in [2.05, 4.69) is 78.1 Å². The topological polar surface area (TPSA) is 30.2 Å². The van der Waals surface area contributed by atoms with Gasteiger partial charge in [0.25, 0.3) is 0 Å². The number of aromatic nitrogens is 2. The number of aryl methyl sites for hydroxylation is 1. The van der Waals surface area contributed by atoms with Crippen LogP contribution in [0.15, 0.2) is 25.1 Å². The smallest absolute Gasteiger partial charge is 0.107 e. The molecule has 1 unspecified atom stereocenters. The quantitative estimate of drug-likeness (QED) is 0.350. The second-order valence-electron chi connectivity index (χ2n) is 3.45. The summed E-state index contributed by atoms with van der Waals surface area (Å²) >= 11 is 8.30. The maximum absolute atomic E-state index is 4.34. The summed E-state index contributed by atoms with van der Waals surface area (Å²) in [6.07, 6.45) is 4.86. The Bertz CT molecular complexity index is 465. The summed E-state index contributed by atoms with van der Waals surface area (Å²) in [5.74, 6) is 0. The Morgan fingerprint density at radius 1 is 1.56 bits per heavy atom. The van der Waals surface area contributed by atoms with Crippen LogP contribution >= 0.6 is 61.1 Å². The summed E-state index contributed by atoms with van der Waals surface area (Å²) in [6.45, 7) is 2.98. The lowest BCUT2D eigenvalue weighted by Crippen LogP contribution is -2.03. The number of aliphatic imine (C=N–C) groups is 1. The zero-order valence-corrected chi connectivity index (χ0v) is 14.5. The van der Waals surface area contributed by atoms with Crippen LogP contribution in [-0.2, 0) is 13.0 Å². The molecule has 3 nitrogen and oxygen atoms in total. The average molecular weight is 506 g/mol. The Hall–Kier alpha value is 0.560. The number of nitrogens with zero attached hydrogens (tertiary/aromatic N) is 3. The van der Waals surface area contributed by atoms with E-state index < -0.39 is 0 Å². The number of hydrogen-bond donors (Lipinski definition) is 0. The van der Waals surface area contributed by atoms with E-state index in [0.29, 0.717) is 3.92 Å². The highest BCUT2D eigenvalue weighted by atomic mass is 127. The van der Waals surface area contributed by atoms with Gasteiger partial charge < -0.3 is 0 Å². The first-order chi connectivity index (χ1) is 7.63. The molecular formula is C10H10BrI2N3. The van der Waals surface area contributed by atoms with Crippen LogP contribution in [0.2, 0.25) is 0 Å². The summed E-state index contributed by atoms with van der Waals surface area (Å²) in [4.78, 5) is 4.34. The Labute approximate surface area is 130 Å². The molecule has 0 saturated heterocycles. The molecule has 1 aromatic heterocycles. The van der Waals surface area contributed by atoms with Gasteiger partial charge in [0, 0.05) is 24.7 Å². The molecular weight excluding hydrogens is 496 g/mol. The Morgan fingerprint density at radius 2 is 2.31 bits per heavy atom. The SMILES string of the molecule is CCn1ncc(CC2=C(I)N=CC2I)c1Br. The van der Waals surface area contributed by atoms with E-state index in [1.165, 1.54) is 11.1 Å². The largest absolute Gasteiger partial charge is 0.258 e. The van der Waals surface area contributed by atoms with E-state index in [1.807, 2.05) is 17.1 Å². The molecule has 2 rings (SSSR count). The lowest BCUT2D eigenvalue weighted by Gasteiger charge is -2.06. The van der Waals surface area contributed by atoms with E-state index in [0.717, 1.165) is 21.3 Å². The second kappa shape index (κ2) is 5.47. The summed E-state index contributed by atoms with van der Waals surface area (Å²) in [5.41, 5.74) is 2.61. The first-order valence-corrected chi connectivity index (χ1v) is 8.02. The first-order valence-electron chi connectivity index (χ1n) is 4.90. The van der Waals surface area contributed by atoms with Crippen molar-refractivity contribution in [2.45, 2.75) is 23.8 Å². The minimum absolute atomic E-state index is 0.418. The van der Waals surface area contributed by atoms with Crippen LogP contribution in [0, 0.1) is 0 Å². The Morgan fingerprint density at radius 3 is 2.81 bits per heavy atom. The molecule has 1 atom stereocenters. The van der Waals surface area contributed by atoms with Gasteiger partial charge in [-0.1, -0.05) is 22.6 Å². The normalized spacial score (nSPS) is 19.9. The minimum Gasteiger partial charge on any atom is -0.258 e. The van der Waals surface area contributed by atoms with Crippen molar-refractivity contribution < 1.29 is 0 Å². The van der Waals surface area contributed by atoms with Crippen LogP contribution in [0.4, 0.5) is 0 Å². The number of rotatable bonds is 3. The molecule has 2 heterocycles. The molecule has 0 fully saturated rings. The van der Waals surface area contributed by atoms with Crippen molar-refractivity contribution in [3.05, 3.63) is 25.6 Å². The molecule has 86 valence electrons. The van der Waals surface area contributed by atoms with Gasteiger partial charge in [-0.3, -0.25) is 9.67 Å². The van der Waals surface area contributed by atoms with Crippen molar-refractivity contribution in [3.8, 4) is 0 Å². The Balaban J connectivity index is 2.22. The number of halogens is 3. The fraction of sp³-hybridized carbons (Fsp3) is 0.400. The van der Waals surface area contributed by atoms with Gasteiger partial charge in [-0.05, 0) is 51.0 Å². The van der Waals surface area contributed by atoms with Crippen LogP contribution in [0.3, 0.4) is 0 Å². The molecule has 16 heavy (non-hydrogen) atoms. The van der Waals surface area contributed by atoms with E-state index >= 15 is 0 Å². The monoisotopic (exact) mass is 505 g/mol. The highest BCUT2D eigenvalue weighted by molar-refractivity contribution is 14.1. The van der Waals surface area contributed by atoms with Crippen molar-refractivity contribution in [2.75, 3.05) is 0 Å². The fourth-order valence-corrected chi connectivity index (χ4v) is 4.09. The molecule has 0 aromatic carbocycles. The second-order valence-corrected chi connectivity index (χ2v) is 6.56. The predicted molar refractivity (Wildman–Crippen MR) is 86.7 cm³/mol. The van der Waals surface area contributed by atoms with Gasteiger partial charge in [-0.2, -0.15) is 5.10 Å². The van der Waals surface area contributed by atoms with Crippen molar-refractivity contribution in [3.63, 3.8) is 0 Å². The minimum atomic E-state index is 0.418. The molecule has 0 radical (unpaired) electrons. The molecule has 0 bridgehead atoms. The van der Waals surface area contributed by atoms with Crippen molar-refractivity contribution in [1.82, 2.24) is 9.78 Å². The highest BCUT2D eigenvalue weighted by Crippen LogP contribution is 2.31. The lowest BCUT2D eigenvalue weighted by molar-refractivity contribution is 0.644. The summed E-state index contributed by atoms with van der Waals surface area (Å²) in [7, 11) is 0. The Kier molecular flexibility index (Phi) is 4.44. The van der Waals surface area contributed by atoms with Crippen LogP contribution in [-0.4, -0.2) is 19.9 Å². The third-order valence-electron chi connectivity index (χ3n) is 2.44. The third-order valence-corrected chi connectivity index (χ3v) is 5.41. The van der Waals surface area contributed by atoms with Gasteiger partial charge in [0.2, 0.25) is 0 Å². The van der Waals surface area contributed by atoms with E-state index in [9.17, 15) is 0 Å². The highest BCUT2D eigenvalue weighted by Gasteiger charge is 2.20. The zero-order valence-electron chi connectivity index (χ0n) is 8.62. The summed E-state index contributed by atoms with van der Waals surface area (Å²) < 4.78 is 4.58. The maximum atomic E-state index is 4.34. The van der Waals surface area contributed by atoms with E-state index in [4.69, 9.17) is 0 Å². The predicted octanol–water partition coefficient (Wildman–Crippen LogP) is 3.74. The molecule has 0 aliphatic carbocycles. The van der Waals surface area contributed by atoms with E-state index in [-0.39, 0.29) is 0 Å². The van der Waals surface area contributed by atoms with Gasteiger partial charge in [-0.25, -0.2) is 0 Å². The van der Waals surface area contributed by atoms with Crippen LogP contribution in [0.25, 0.3) is 0 Å². The number of alkyl halides is 1. The van der Waals surface area contributed by atoms with Crippen LogP contribution < -0.4 is 0 Å². The fourth-order valence-electron chi connectivity index (χ4n) is 1.54. The van der Waals surface area contributed by atoms with Gasteiger partial charge in [0.15, 0.2) is 0 Å². The molecule has 0 amide bonds. The molecule has 0 saturated carbocycles. The van der Waals surface area contributed by atoms with Gasteiger partial charge in [-0.15, -0.1) is 0 Å². The van der Waals surface area contributed by atoms with Crippen LogP contribution in [0.1, 0.15) is 12.5 Å². The molecule has 6 heteroatoms. The maximum Gasteiger partial charge on any atom is 0.107 e. The van der Waals surface area contributed by atoms with Crippen LogP contribution in [0.5, 0.6) is 0 Å². The van der Waals surface area contributed by atoms with Gasteiger partial charge >= 0.3 is 0 Å². The number of allylic oxidation sites excluding steroid dienone is 1. The molecule has 0 N–H and O–H groups in total. The first kappa shape index (κ1) is 13.0. The number of hydrogen-bond acceptors (Lipinski definition) is 2. The standard InChI is InChI=1S/C10H10BrI2N3/c1-2-16-9(11)6(4-15-16)3-7-8(12)5-14-10(7)13/h4-5,8H,2-3H2,1H3. The van der Waals surface area contributed by atoms with Crippen molar-refractivity contribution >= 4 is 67.3 Å². The van der Waals surface area contributed by atoms with Gasteiger partial charge in [0.05, 0.1) is 10.1 Å². The molecule has 1 aromatic rings.